The van der Waals surface area contributed by atoms with Crippen LogP contribution in [0.15, 0.2) is 47.6 Å². The first kappa shape index (κ1) is 20.8. The number of imide groups is 2. The molecule has 0 spiro atoms. The number of barbiturate groups is 1. The first-order valence-electron chi connectivity index (χ1n) is 8.01. The number of halogens is 3. The lowest BCUT2D eigenvalue weighted by Crippen LogP contribution is -2.58. The lowest BCUT2D eigenvalue weighted by molar-refractivity contribution is -0.131. The summed E-state index contributed by atoms with van der Waals surface area (Å²) in [5.74, 6) is -3.79. The number of anilines is 1. The van der Waals surface area contributed by atoms with E-state index in [0.717, 1.165) is 11.1 Å². The first-order chi connectivity index (χ1) is 13.8. The minimum absolute atomic E-state index is 0.102. The fourth-order valence-corrected chi connectivity index (χ4v) is 3.08. The van der Waals surface area contributed by atoms with E-state index in [1.54, 1.807) is 0 Å². The summed E-state index contributed by atoms with van der Waals surface area (Å²) in [6.45, 7) is 0. The summed E-state index contributed by atoms with van der Waals surface area (Å²) in [7, 11) is 0. The van der Waals surface area contributed by atoms with Crippen molar-refractivity contribution in [3.05, 3.63) is 63.1 Å². The topological polar surface area (TPSA) is 108 Å². The molecular formula is C18H11Cl3N4O4. The second-order valence-electron chi connectivity index (χ2n) is 5.77. The number of benzene rings is 2. The van der Waals surface area contributed by atoms with Crippen LogP contribution in [0.4, 0.5) is 10.5 Å². The molecule has 1 heterocycles. The minimum atomic E-state index is -1.43. The molecule has 0 unspecified atom stereocenters. The predicted octanol–water partition coefficient (Wildman–Crippen LogP) is 3.26. The number of carbonyl (C=O) groups excluding carboxylic acids is 4. The summed E-state index contributed by atoms with van der Waals surface area (Å²) in [6.07, 6.45) is 0.925. The summed E-state index contributed by atoms with van der Waals surface area (Å²) in [4.78, 5) is 49.7. The summed E-state index contributed by atoms with van der Waals surface area (Å²) in [5.41, 5.74) is 2.50. The molecule has 1 atom stereocenters. The lowest BCUT2D eigenvalue weighted by Gasteiger charge is -2.28. The molecule has 2 aromatic carbocycles. The number of hydrogen-bond donors (Lipinski definition) is 2. The fraction of sp³-hybridized carbons (Fsp3) is 0.0556. The molecular weight excluding hydrogens is 443 g/mol. The van der Waals surface area contributed by atoms with Gasteiger partial charge < -0.3 is 0 Å². The predicted molar refractivity (Wildman–Crippen MR) is 108 cm³/mol. The van der Waals surface area contributed by atoms with Crippen LogP contribution >= 0.6 is 34.8 Å². The Morgan fingerprint density at radius 1 is 1.03 bits per heavy atom. The van der Waals surface area contributed by atoms with Gasteiger partial charge in [0.2, 0.25) is 5.91 Å². The van der Waals surface area contributed by atoms with Gasteiger partial charge in [0.15, 0.2) is 5.92 Å². The van der Waals surface area contributed by atoms with Crippen molar-refractivity contribution < 1.29 is 19.2 Å². The number of hydrogen-bond acceptors (Lipinski definition) is 5. The van der Waals surface area contributed by atoms with Gasteiger partial charge in [-0.2, -0.15) is 5.10 Å². The third-order valence-electron chi connectivity index (χ3n) is 3.85. The van der Waals surface area contributed by atoms with Gasteiger partial charge in [-0.1, -0.05) is 34.8 Å². The van der Waals surface area contributed by atoms with Crippen LogP contribution < -0.4 is 15.6 Å². The zero-order chi connectivity index (χ0) is 21.1. The van der Waals surface area contributed by atoms with E-state index >= 15 is 0 Å². The summed E-state index contributed by atoms with van der Waals surface area (Å²) in [6, 6.07) is 9.25. The van der Waals surface area contributed by atoms with Crippen LogP contribution in [0.3, 0.4) is 0 Å². The van der Waals surface area contributed by atoms with E-state index in [9.17, 15) is 19.2 Å². The molecule has 1 saturated heterocycles. The Morgan fingerprint density at radius 3 is 2.34 bits per heavy atom. The third kappa shape index (κ3) is 4.56. The zero-order valence-corrected chi connectivity index (χ0v) is 16.6. The number of carbonyl (C=O) groups is 4. The molecule has 0 radical (unpaired) electrons. The van der Waals surface area contributed by atoms with Crippen molar-refractivity contribution in [1.29, 1.82) is 0 Å². The molecule has 0 saturated carbocycles. The van der Waals surface area contributed by atoms with E-state index in [0.29, 0.717) is 10.0 Å². The molecule has 2 aromatic rings. The van der Waals surface area contributed by atoms with Crippen LogP contribution in [0.1, 0.15) is 10.4 Å². The van der Waals surface area contributed by atoms with Gasteiger partial charge in [0.1, 0.15) is 0 Å². The maximum absolute atomic E-state index is 12.6. The molecule has 148 valence electrons. The Kier molecular flexibility index (Phi) is 6.17. The van der Waals surface area contributed by atoms with Crippen LogP contribution in [0.2, 0.25) is 15.1 Å². The van der Waals surface area contributed by atoms with E-state index in [4.69, 9.17) is 34.8 Å². The maximum Gasteiger partial charge on any atom is 0.335 e. The molecule has 1 aliphatic heterocycles. The van der Waals surface area contributed by atoms with E-state index in [-0.39, 0.29) is 16.3 Å². The number of nitrogens with zero attached hydrogens (tertiary/aromatic N) is 2. The Bertz CT molecular complexity index is 1040. The average Bonchev–Trinajstić information content (AvgIpc) is 2.65. The summed E-state index contributed by atoms with van der Waals surface area (Å²) in [5, 5.41) is 6.58. The largest absolute Gasteiger partial charge is 0.335 e. The van der Waals surface area contributed by atoms with Gasteiger partial charge in [-0.05, 0) is 42.5 Å². The van der Waals surface area contributed by atoms with Crippen molar-refractivity contribution >= 4 is 70.5 Å². The fourth-order valence-electron chi connectivity index (χ4n) is 2.46. The molecule has 1 aliphatic rings. The molecule has 0 bridgehead atoms. The lowest BCUT2D eigenvalue weighted by atomic mass is 10.1. The number of urea groups is 1. The Balaban J connectivity index is 1.75. The zero-order valence-electron chi connectivity index (χ0n) is 14.4. The first-order valence-corrected chi connectivity index (χ1v) is 9.14. The molecule has 2 N–H and O–H groups in total. The molecule has 0 aromatic heterocycles. The number of hydrazone groups is 1. The van der Waals surface area contributed by atoms with Crippen LogP contribution in [-0.2, 0) is 9.59 Å². The van der Waals surface area contributed by atoms with E-state index in [2.05, 4.69) is 15.8 Å². The monoisotopic (exact) mass is 452 g/mol. The van der Waals surface area contributed by atoms with Crippen molar-refractivity contribution in [2.45, 2.75) is 0 Å². The highest BCUT2D eigenvalue weighted by molar-refractivity contribution is 6.37. The molecule has 29 heavy (non-hydrogen) atoms. The second-order valence-corrected chi connectivity index (χ2v) is 7.05. The molecule has 3 rings (SSSR count). The van der Waals surface area contributed by atoms with Crippen molar-refractivity contribution in [3.8, 4) is 0 Å². The van der Waals surface area contributed by atoms with Crippen LogP contribution in [0, 0.1) is 5.92 Å². The standard InChI is InChI=1S/C18H11Cl3N4O4/c19-9-1-4-11(5-2-9)25-17(28)13(15(26)23-18(25)29)8-22-24-16(27)12-6-3-10(20)7-14(12)21/h1-8,13H,(H,24,27)(H,23,26,29)/b22-8-/t13-/m1/s1. The Hall–Kier alpha value is -2.94. The van der Waals surface area contributed by atoms with Crippen molar-refractivity contribution in [3.63, 3.8) is 0 Å². The number of amides is 5. The summed E-state index contributed by atoms with van der Waals surface area (Å²) < 4.78 is 0. The van der Waals surface area contributed by atoms with Crippen molar-refractivity contribution in [2.75, 3.05) is 4.90 Å². The van der Waals surface area contributed by atoms with E-state index < -0.39 is 29.7 Å². The molecule has 0 aliphatic carbocycles. The molecule has 11 heteroatoms. The van der Waals surface area contributed by atoms with Crippen molar-refractivity contribution in [2.24, 2.45) is 11.0 Å². The molecule has 5 amide bonds. The van der Waals surface area contributed by atoms with Gasteiger partial charge in [-0.15, -0.1) is 0 Å². The van der Waals surface area contributed by atoms with Gasteiger partial charge >= 0.3 is 6.03 Å². The highest BCUT2D eigenvalue weighted by atomic mass is 35.5. The van der Waals surface area contributed by atoms with Gasteiger partial charge in [0.05, 0.1) is 16.3 Å². The minimum Gasteiger partial charge on any atom is -0.276 e. The second kappa shape index (κ2) is 8.60. The van der Waals surface area contributed by atoms with Gasteiger partial charge in [0.25, 0.3) is 11.8 Å². The highest BCUT2D eigenvalue weighted by Gasteiger charge is 2.40. The van der Waals surface area contributed by atoms with Crippen LogP contribution in [0.25, 0.3) is 0 Å². The number of nitrogens with one attached hydrogen (secondary N) is 2. The highest BCUT2D eigenvalue weighted by Crippen LogP contribution is 2.23. The quantitative estimate of drug-likeness (QED) is 0.421. The molecule has 8 nitrogen and oxygen atoms in total. The van der Waals surface area contributed by atoms with Gasteiger partial charge in [-0.25, -0.2) is 15.1 Å². The van der Waals surface area contributed by atoms with Gasteiger partial charge in [0, 0.05) is 16.3 Å². The smallest absolute Gasteiger partial charge is 0.276 e. The third-order valence-corrected chi connectivity index (χ3v) is 4.65. The van der Waals surface area contributed by atoms with Crippen molar-refractivity contribution in [1.82, 2.24) is 10.7 Å². The van der Waals surface area contributed by atoms with E-state index in [1.165, 1.54) is 42.5 Å². The van der Waals surface area contributed by atoms with E-state index in [1.807, 2.05) is 0 Å². The maximum atomic E-state index is 12.6. The average molecular weight is 454 g/mol. The Labute approximate surface area is 179 Å². The Morgan fingerprint density at radius 2 is 1.69 bits per heavy atom. The summed E-state index contributed by atoms with van der Waals surface area (Å²) >= 11 is 17.5. The normalized spacial score (nSPS) is 16.9. The van der Waals surface area contributed by atoms with Crippen LogP contribution in [-0.4, -0.2) is 30.0 Å². The SMILES string of the molecule is O=C(N/N=C\[C@@H]1C(=O)NC(=O)N(c2ccc(Cl)cc2)C1=O)c1ccc(Cl)cc1Cl. The number of rotatable bonds is 4. The van der Waals surface area contributed by atoms with Gasteiger partial charge in [-0.3, -0.25) is 19.7 Å². The molecule has 1 fully saturated rings. The van der Waals surface area contributed by atoms with Crippen LogP contribution in [0.5, 0.6) is 0 Å².